The first-order valence-electron chi connectivity index (χ1n) is 8.42. The van der Waals surface area contributed by atoms with Gasteiger partial charge in [0.15, 0.2) is 5.82 Å². The molecule has 1 aliphatic rings. The molecule has 0 bridgehead atoms. The van der Waals surface area contributed by atoms with Crippen molar-refractivity contribution in [1.82, 2.24) is 29.7 Å². The maximum atomic E-state index is 12.8. The van der Waals surface area contributed by atoms with Gasteiger partial charge in [-0.2, -0.15) is 4.68 Å². The zero-order valence-corrected chi connectivity index (χ0v) is 14.3. The molecule has 7 nitrogen and oxygen atoms in total. The Hall–Kier alpha value is -2.96. The molecule has 7 heteroatoms. The van der Waals surface area contributed by atoms with Crippen molar-refractivity contribution in [2.45, 2.75) is 32.9 Å². The van der Waals surface area contributed by atoms with Gasteiger partial charge >= 0.3 is 0 Å². The summed E-state index contributed by atoms with van der Waals surface area (Å²) in [5.41, 5.74) is 3.08. The molecule has 4 rings (SSSR count). The Morgan fingerprint density at radius 3 is 2.72 bits per heavy atom. The average molecular weight is 336 g/mol. The Kier molecular flexibility index (Phi) is 3.83. The number of aromatic nitrogens is 5. The predicted molar refractivity (Wildman–Crippen MR) is 92.2 cm³/mol. The fraction of sp³-hybridized carbons (Fsp3) is 0.333. The Bertz CT molecular complexity index is 894. The van der Waals surface area contributed by atoms with E-state index in [9.17, 15) is 4.79 Å². The van der Waals surface area contributed by atoms with Gasteiger partial charge in [0.05, 0.1) is 18.2 Å². The molecule has 0 spiro atoms. The fourth-order valence-corrected chi connectivity index (χ4v) is 3.42. The van der Waals surface area contributed by atoms with Crippen LogP contribution in [-0.4, -0.2) is 42.1 Å². The van der Waals surface area contributed by atoms with Crippen molar-refractivity contribution in [3.63, 3.8) is 0 Å². The molecule has 1 amide bonds. The van der Waals surface area contributed by atoms with E-state index < -0.39 is 0 Å². The average Bonchev–Trinajstić information content (AvgIpc) is 3.25. The van der Waals surface area contributed by atoms with Gasteiger partial charge in [0, 0.05) is 25.0 Å². The molecular weight excluding hydrogens is 316 g/mol. The number of benzene rings is 1. The van der Waals surface area contributed by atoms with E-state index in [2.05, 4.69) is 39.3 Å². The quantitative estimate of drug-likeness (QED) is 0.733. The summed E-state index contributed by atoms with van der Waals surface area (Å²) >= 11 is 0. The molecule has 0 unspecified atom stereocenters. The Balaban J connectivity index is 1.47. The minimum atomic E-state index is 0.111. The molecule has 0 fully saturated rings. The molecule has 0 saturated carbocycles. The standard InChI is InChI=1S/C18H20N6O/c1-13-17-4-3-9-22(17)10-11-23(13)18(25)12-15-5-7-16(8-6-15)24-14(2)19-20-21-24/h3-9,13H,10-12H2,1-2H3/t13-/m1/s1. The number of tetrazole rings is 1. The SMILES string of the molecule is Cc1nnnn1-c1ccc(CC(=O)N2CCn3cccc3[C@H]2C)cc1. The number of carbonyl (C=O) groups excluding carboxylic acids is 1. The van der Waals surface area contributed by atoms with Crippen LogP contribution in [0.3, 0.4) is 0 Å². The molecule has 3 heterocycles. The zero-order chi connectivity index (χ0) is 17.4. The van der Waals surface area contributed by atoms with Crippen molar-refractivity contribution >= 4 is 5.91 Å². The Morgan fingerprint density at radius 1 is 1.20 bits per heavy atom. The molecule has 3 aromatic rings. The van der Waals surface area contributed by atoms with Crippen molar-refractivity contribution in [2.75, 3.05) is 6.54 Å². The van der Waals surface area contributed by atoms with Crippen molar-refractivity contribution in [2.24, 2.45) is 0 Å². The number of carbonyl (C=O) groups is 1. The van der Waals surface area contributed by atoms with Crippen LogP contribution in [0.15, 0.2) is 42.6 Å². The van der Waals surface area contributed by atoms with Crippen LogP contribution in [0.2, 0.25) is 0 Å². The highest BCUT2D eigenvalue weighted by Crippen LogP contribution is 2.26. The molecule has 1 aromatic carbocycles. The number of rotatable bonds is 3. The van der Waals surface area contributed by atoms with E-state index in [4.69, 9.17) is 0 Å². The lowest BCUT2D eigenvalue weighted by Gasteiger charge is -2.35. The third kappa shape index (κ3) is 2.82. The normalized spacial score (nSPS) is 16.7. The van der Waals surface area contributed by atoms with Crippen molar-refractivity contribution in [3.05, 3.63) is 59.7 Å². The van der Waals surface area contributed by atoms with Crippen LogP contribution < -0.4 is 0 Å². The van der Waals surface area contributed by atoms with Crippen LogP contribution >= 0.6 is 0 Å². The van der Waals surface area contributed by atoms with Gasteiger partial charge in [-0.05, 0) is 54.1 Å². The number of aryl methyl sites for hydroxylation is 1. The second kappa shape index (κ2) is 6.16. The van der Waals surface area contributed by atoms with Crippen LogP contribution in [0.1, 0.15) is 30.0 Å². The summed E-state index contributed by atoms with van der Waals surface area (Å²) in [4.78, 5) is 14.7. The lowest BCUT2D eigenvalue weighted by atomic mass is 10.1. The van der Waals surface area contributed by atoms with E-state index in [1.807, 2.05) is 42.2 Å². The number of amides is 1. The van der Waals surface area contributed by atoms with E-state index in [-0.39, 0.29) is 11.9 Å². The number of fused-ring (bicyclic) bond motifs is 1. The minimum Gasteiger partial charge on any atom is -0.348 e. The van der Waals surface area contributed by atoms with E-state index in [0.717, 1.165) is 30.2 Å². The first-order chi connectivity index (χ1) is 12.1. The third-order valence-electron chi connectivity index (χ3n) is 4.82. The van der Waals surface area contributed by atoms with Gasteiger partial charge < -0.3 is 9.47 Å². The Labute approximate surface area is 145 Å². The molecule has 0 aliphatic carbocycles. The van der Waals surface area contributed by atoms with Crippen LogP contribution in [0.4, 0.5) is 0 Å². The molecule has 25 heavy (non-hydrogen) atoms. The first kappa shape index (κ1) is 15.6. The minimum absolute atomic E-state index is 0.111. The second-order valence-corrected chi connectivity index (χ2v) is 6.37. The molecule has 128 valence electrons. The number of nitrogens with zero attached hydrogens (tertiary/aromatic N) is 6. The largest absolute Gasteiger partial charge is 0.348 e. The highest BCUT2D eigenvalue weighted by atomic mass is 16.2. The summed E-state index contributed by atoms with van der Waals surface area (Å²) in [6.45, 7) is 5.55. The summed E-state index contributed by atoms with van der Waals surface area (Å²) in [6.07, 6.45) is 2.48. The van der Waals surface area contributed by atoms with Gasteiger partial charge in [-0.15, -0.1) is 5.10 Å². The lowest BCUT2D eigenvalue weighted by Crippen LogP contribution is -2.41. The van der Waals surface area contributed by atoms with Crippen molar-refractivity contribution in [1.29, 1.82) is 0 Å². The topological polar surface area (TPSA) is 68.8 Å². The second-order valence-electron chi connectivity index (χ2n) is 6.37. The fourth-order valence-electron chi connectivity index (χ4n) is 3.42. The summed E-state index contributed by atoms with van der Waals surface area (Å²) in [6, 6.07) is 12.1. The maximum absolute atomic E-state index is 12.8. The molecule has 2 aromatic heterocycles. The molecule has 0 N–H and O–H groups in total. The van der Waals surface area contributed by atoms with Gasteiger partial charge in [-0.3, -0.25) is 4.79 Å². The summed E-state index contributed by atoms with van der Waals surface area (Å²) in [7, 11) is 0. The maximum Gasteiger partial charge on any atom is 0.227 e. The third-order valence-corrected chi connectivity index (χ3v) is 4.82. The molecule has 0 radical (unpaired) electrons. The van der Waals surface area contributed by atoms with Crippen LogP contribution in [0.5, 0.6) is 0 Å². The molecule has 0 saturated heterocycles. The summed E-state index contributed by atoms with van der Waals surface area (Å²) < 4.78 is 3.89. The van der Waals surface area contributed by atoms with E-state index in [0.29, 0.717) is 6.42 Å². The van der Waals surface area contributed by atoms with Crippen molar-refractivity contribution < 1.29 is 4.79 Å². The zero-order valence-electron chi connectivity index (χ0n) is 14.3. The lowest BCUT2D eigenvalue weighted by molar-refractivity contribution is -0.133. The highest BCUT2D eigenvalue weighted by Gasteiger charge is 2.27. The summed E-state index contributed by atoms with van der Waals surface area (Å²) in [5.74, 6) is 0.889. The molecule has 1 aliphatic heterocycles. The van der Waals surface area contributed by atoms with Gasteiger partial charge in [0.25, 0.3) is 0 Å². The van der Waals surface area contributed by atoms with Crippen LogP contribution in [0, 0.1) is 6.92 Å². The summed E-state index contributed by atoms with van der Waals surface area (Å²) in [5, 5.41) is 11.5. The number of hydrogen-bond acceptors (Lipinski definition) is 4. The monoisotopic (exact) mass is 336 g/mol. The predicted octanol–water partition coefficient (Wildman–Crippen LogP) is 1.92. The molecular formula is C18H20N6O. The number of hydrogen-bond donors (Lipinski definition) is 0. The van der Waals surface area contributed by atoms with Gasteiger partial charge in [-0.25, -0.2) is 0 Å². The smallest absolute Gasteiger partial charge is 0.227 e. The van der Waals surface area contributed by atoms with Gasteiger partial charge in [-0.1, -0.05) is 12.1 Å². The van der Waals surface area contributed by atoms with Crippen LogP contribution in [-0.2, 0) is 17.8 Å². The highest BCUT2D eigenvalue weighted by molar-refractivity contribution is 5.79. The van der Waals surface area contributed by atoms with E-state index >= 15 is 0 Å². The first-order valence-corrected chi connectivity index (χ1v) is 8.42. The van der Waals surface area contributed by atoms with Gasteiger partial charge in [0.2, 0.25) is 5.91 Å². The van der Waals surface area contributed by atoms with Crippen molar-refractivity contribution in [3.8, 4) is 5.69 Å². The molecule has 1 atom stereocenters. The Morgan fingerprint density at radius 2 is 2.00 bits per heavy atom. The van der Waals surface area contributed by atoms with Gasteiger partial charge in [0.1, 0.15) is 0 Å². The van der Waals surface area contributed by atoms with E-state index in [1.165, 1.54) is 5.69 Å². The van der Waals surface area contributed by atoms with E-state index in [1.54, 1.807) is 4.68 Å². The van der Waals surface area contributed by atoms with Crippen LogP contribution in [0.25, 0.3) is 5.69 Å².